The average Bonchev–Trinajstić information content (AvgIpc) is 2.91. The number of allylic oxidation sites excluding steroid dienone is 1. The number of aromatic hydroxyl groups is 2. The summed E-state index contributed by atoms with van der Waals surface area (Å²) in [5.74, 6) is -1.52. The predicted octanol–water partition coefficient (Wildman–Crippen LogP) is 6.68. The molecule has 7 nitrogen and oxygen atoms in total. The number of hydrogen-bond acceptors (Lipinski definition) is 6. The van der Waals surface area contributed by atoms with Crippen molar-refractivity contribution >= 4 is 23.7 Å². The van der Waals surface area contributed by atoms with Crippen LogP contribution in [0.2, 0.25) is 0 Å². The largest absolute Gasteiger partial charge is 0.504 e. The number of fused-ring (bicyclic) bond motifs is 7. The summed E-state index contributed by atoms with van der Waals surface area (Å²) in [5.41, 5.74) is 8.52. The maximum Gasteiger partial charge on any atom is 0.321 e. The van der Waals surface area contributed by atoms with Crippen molar-refractivity contribution in [2.24, 2.45) is 33.3 Å². The maximum absolute atomic E-state index is 12.5. The summed E-state index contributed by atoms with van der Waals surface area (Å²) in [6, 6.07) is 0.719. The van der Waals surface area contributed by atoms with Crippen LogP contribution >= 0.6 is 11.8 Å². The van der Waals surface area contributed by atoms with E-state index in [1.807, 2.05) is 13.8 Å². The molecule has 0 heterocycles. The molecule has 1 aromatic carbocycles. The molecule has 0 spiro atoms. The Hall–Kier alpha value is -2.19. The van der Waals surface area contributed by atoms with Crippen molar-refractivity contribution in [3.05, 3.63) is 34.4 Å². The molecule has 226 valence electrons. The quantitative estimate of drug-likeness (QED) is 0.184. The van der Waals surface area contributed by atoms with Gasteiger partial charge < -0.3 is 26.2 Å². The number of rotatable bonds is 6. The number of hydrogen-bond donors (Lipinski definition) is 5. The zero-order chi connectivity index (χ0) is 30.3. The zero-order valence-electron chi connectivity index (χ0n) is 25.3. The smallest absolute Gasteiger partial charge is 0.321 e. The minimum absolute atomic E-state index is 0.0827. The molecule has 8 atom stereocenters. The molecule has 1 unspecified atom stereocenters. The molecule has 6 N–H and O–H groups in total. The van der Waals surface area contributed by atoms with E-state index in [2.05, 4.69) is 33.8 Å². The fourth-order valence-electron chi connectivity index (χ4n) is 9.86. The minimum atomic E-state index is -1.05. The van der Waals surface area contributed by atoms with Crippen LogP contribution in [-0.2, 0) is 15.0 Å². The molecule has 0 aromatic heterocycles. The van der Waals surface area contributed by atoms with E-state index in [1.54, 1.807) is 6.07 Å². The van der Waals surface area contributed by atoms with Crippen molar-refractivity contribution in [3.8, 4) is 11.5 Å². The number of nitrogens with two attached hydrogens (primary N) is 1. The second-order valence-corrected chi connectivity index (χ2v) is 15.7. The monoisotopic (exact) mass is 585 g/mol. The van der Waals surface area contributed by atoms with Gasteiger partial charge in [0, 0.05) is 16.4 Å². The molecule has 8 heteroatoms. The number of carboxylic acid groups (broad SMARTS) is 2. The van der Waals surface area contributed by atoms with Crippen molar-refractivity contribution in [1.29, 1.82) is 0 Å². The summed E-state index contributed by atoms with van der Waals surface area (Å²) in [6.45, 7) is 13.1. The zero-order valence-corrected chi connectivity index (χ0v) is 26.2. The average molecular weight is 586 g/mol. The van der Waals surface area contributed by atoms with E-state index in [0.717, 1.165) is 49.7 Å². The Balaban J connectivity index is 1.69. The van der Waals surface area contributed by atoms with Gasteiger partial charge in [-0.25, -0.2) is 0 Å². The van der Waals surface area contributed by atoms with Gasteiger partial charge in [0.25, 0.3) is 0 Å². The van der Waals surface area contributed by atoms with Gasteiger partial charge in [0.15, 0.2) is 11.5 Å². The first kappa shape index (κ1) is 30.3. The Morgan fingerprint density at radius 2 is 1.71 bits per heavy atom. The van der Waals surface area contributed by atoms with E-state index in [9.17, 15) is 30.0 Å². The van der Waals surface area contributed by atoms with Gasteiger partial charge in [-0.05, 0) is 110 Å². The highest BCUT2D eigenvalue weighted by Gasteiger charge is 2.68. The Labute approximate surface area is 248 Å². The molecule has 3 saturated carbocycles. The van der Waals surface area contributed by atoms with Gasteiger partial charge >= 0.3 is 11.9 Å². The van der Waals surface area contributed by atoms with Crippen molar-refractivity contribution < 1.29 is 30.0 Å². The van der Waals surface area contributed by atoms with Crippen LogP contribution in [0.3, 0.4) is 0 Å². The molecule has 0 amide bonds. The standard InChI is InChI=1S/C33H47NO6S/c1-7-33-13-11-31(5)19-14-21(35)26(36)18(2)25(19)22(41-17-20(34)27(37)38)15-23(31)32(33,6)12-10-29(3)8-9-30(4,28(39)40)16-24(29)33/h14-15,20,22,24,35-36H,7-13,16-17,34H2,1-6H3,(H,37,38)(H,39,40)/t20-,22?,24-,29-,30-,31+,32-,33+/m1/s1. The summed E-state index contributed by atoms with van der Waals surface area (Å²) < 4.78 is 0. The van der Waals surface area contributed by atoms with Gasteiger partial charge in [-0.2, -0.15) is 0 Å². The molecule has 0 radical (unpaired) electrons. The molecule has 3 fully saturated rings. The number of thioether (sulfide) groups is 1. The number of benzene rings is 1. The van der Waals surface area contributed by atoms with Crippen molar-refractivity contribution in [3.63, 3.8) is 0 Å². The minimum Gasteiger partial charge on any atom is -0.504 e. The lowest BCUT2D eigenvalue weighted by Crippen LogP contribution is -2.63. The van der Waals surface area contributed by atoms with Crippen molar-refractivity contribution in [2.45, 2.75) is 110 Å². The van der Waals surface area contributed by atoms with Crippen LogP contribution in [0.5, 0.6) is 11.5 Å². The van der Waals surface area contributed by atoms with Crippen LogP contribution in [0.1, 0.15) is 108 Å². The number of phenolic OH excluding ortho intramolecular Hbond substituents is 2. The third-order valence-corrected chi connectivity index (χ3v) is 13.9. The van der Waals surface area contributed by atoms with E-state index in [4.69, 9.17) is 5.73 Å². The van der Waals surface area contributed by atoms with E-state index >= 15 is 0 Å². The Kier molecular flexibility index (Phi) is 7.14. The van der Waals surface area contributed by atoms with Crippen LogP contribution in [-0.4, -0.2) is 44.2 Å². The fraction of sp³-hybridized carbons (Fsp3) is 0.697. The Morgan fingerprint density at radius 1 is 1.05 bits per heavy atom. The molecule has 41 heavy (non-hydrogen) atoms. The van der Waals surface area contributed by atoms with Crippen molar-refractivity contribution in [1.82, 2.24) is 0 Å². The highest BCUT2D eigenvalue weighted by Crippen LogP contribution is 2.76. The van der Waals surface area contributed by atoms with Gasteiger partial charge in [-0.15, -0.1) is 11.8 Å². The number of carbonyl (C=O) groups is 2. The summed E-state index contributed by atoms with van der Waals surface area (Å²) in [5, 5.41) is 41.1. The molecule has 4 aliphatic carbocycles. The van der Waals surface area contributed by atoms with Crippen LogP contribution in [0.15, 0.2) is 17.7 Å². The molecular formula is C33H47NO6S. The van der Waals surface area contributed by atoms with Gasteiger partial charge in [-0.3, -0.25) is 9.59 Å². The van der Waals surface area contributed by atoms with Crippen LogP contribution in [0.4, 0.5) is 0 Å². The number of phenols is 2. The lowest BCUT2D eigenvalue weighted by atomic mass is 9.33. The summed E-state index contributed by atoms with van der Waals surface area (Å²) in [7, 11) is 0. The van der Waals surface area contributed by atoms with Crippen LogP contribution in [0.25, 0.3) is 0 Å². The number of aliphatic carboxylic acids is 2. The van der Waals surface area contributed by atoms with E-state index in [-0.39, 0.29) is 50.1 Å². The van der Waals surface area contributed by atoms with Gasteiger partial charge in [-0.1, -0.05) is 39.3 Å². The summed E-state index contributed by atoms with van der Waals surface area (Å²) >= 11 is 1.48. The maximum atomic E-state index is 12.5. The van der Waals surface area contributed by atoms with Gasteiger partial charge in [0.2, 0.25) is 0 Å². The number of carboxylic acids is 2. The topological polar surface area (TPSA) is 141 Å². The van der Waals surface area contributed by atoms with Crippen LogP contribution in [0, 0.1) is 34.5 Å². The second-order valence-electron chi connectivity index (χ2n) is 14.6. The molecule has 5 rings (SSSR count). The summed E-state index contributed by atoms with van der Waals surface area (Å²) in [6.07, 6.45) is 9.48. The third kappa shape index (κ3) is 4.10. The first-order chi connectivity index (χ1) is 19.0. The Bertz CT molecular complexity index is 1330. The molecule has 1 aromatic rings. The highest BCUT2D eigenvalue weighted by atomic mass is 32.2. The first-order valence-corrected chi connectivity index (χ1v) is 16.2. The van der Waals surface area contributed by atoms with Gasteiger partial charge in [0.1, 0.15) is 6.04 Å². The van der Waals surface area contributed by atoms with E-state index in [0.29, 0.717) is 18.4 Å². The van der Waals surface area contributed by atoms with Crippen LogP contribution < -0.4 is 5.73 Å². The lowest BCUT2D eigenvalue weighted by Gasteiger charge is -2.71. The molecule has 0 bridgehead atoms. The van der Waals surface area contributed by atoms with E-state index < -0.39 is 23.4 Å². The SMILES string of the molecule is CC[C@@]12CC[C@]3(C)C(=CC(SC[C@@H](N)C(=O)O)c4c3cc(O)c(O)c4C)[C@@]1(C)CC[C@@]1(C)CC[C@@](C)(C(=O)O)C[C@H]12. The second kappa shape index (κ2) is 9.66. The van der Waals surface area contributed by atoms with Crippen molar-refractivity contribution in [2.75, 3.05) is 5.75 Å². The summed E-state index contributed by atoms with van der Waals surface area (Å²) in [4.78, 5) is 24.1. The van der Waals surface area contributed by atoms with Gasteiger partial charge in [0.05, 0.1) is 5.41 Å². The predicted molar refractivity (Wildman–Crippen MR) is 161 cm³/mol. The van der Waals surface area contributed by atoms with E-state index in [1.165, 1.54) is 17.3 Å². The Morgan fingerprint density at radius 3 is 2.32 bits per heavy atom. The molecule has 0 aliphatic heterocycles. The molecule has 0 saturated heterocycles. The molecule has 4 aliphatic rings. The fourth-order valence-corrected chi connectivity index (χ4v) is 11.1. The molecular weight excluding hydrogens is 538 g/mol. The lowest BCUT2D eigenvalue weighted by molar-refractivity contribution is -0.183. The first-order valence-electron chi connectivity index (χ1n) is 15.1. The normalized spacial score (nSPS) is 40.3. The third-order valence-electron chi connectivity index (χ3n) is 12.7. The highest BCUT2D eigenvalue weighted by molar-refractivity contribution is 7.99.